The minimum Gasteiger partial charge on any atom is -0.508 e. The quantitative estimate of drug-likeness (QED) is 0.102. The van der Waals surface area contributed by atoms with E-state index in [1.807, 2.05) is 42.5 Å². The lowest BCUT2D eigenvalue weighted by atomic mass is 9.91. The number of benzene rings is 7. The number of aldehydes is 1. The Balaban J connectivity index is 0.000000181. The van der Waals surface area contributed by atoms with E-state index in [9.17, 15) is 4.79 Å². The topological polar surface area (TPSA) is 113 Å². The van der Waals surface area contributed by atoms with Crippen LogP contribution >= 0.6 is 0 Å². The molecule has 6 nitrogen and oxygen atoms in total. The first kappa shape index (κ1) is 43.7. The standard InChI is InChI=1S/C23H20O.2C8H10O.C7H6O.C6H7NO/c1-3-16-10-12-19-21(14-16)24-22-15-17(4-2)11-13-20(22)23(19)18-8-6-5-7-9-18;2*1-2-7-4-3-5-8(9)6-7;8-6-7-4-2-1-3-5-7;7-5-2-1-3-6(8)4-5/h3,5-15H,4H2,1-2H3;2*3-6,9H,2H2,1H3;1-6H;1-4,8H,7H2/b16-3+;;;;. The lowest BCUT2D eigenvalue weighted by Crippen LogP contribution is -2.19. The highest BCUT2D eigenvalue weighted by atomic mass is 16.5. The van der Waals surface area contributed by atoms with Gasteiger partial charge in [0.15, 0.2) is 0 Å². The Labute approximate surface area is 342 Å². The summed E-state index contributed by atoms with van der Waals surface area (Å²) in [5, 5.41) is 29.0. The number of aryl methyl sites for hydroxylation is 3. The number of nitrogens with two attached hydrogens (primary N) is 1. The summed E-state index contributed by atoms with van der Waals surface area (Å²) in [6.45, 7) is 8.35. The van der Waals surface area contributed by atoms with Crippen LogP contribution < -0.4 is 20.9 Å². The third-order valence-electron chi connectivity index (χ3n) is 9.06. The highest BCUT2D eigenvalue weighted by Gasteiger charge is 2.20. The summed E-state index contributed by atoms with van der Waals surface area (Å²) < 4.78 is 6.27. The Morgan fingerprint density at radius 2 is 1.07 bits per heavy atom. The minimum absolute atomic E-state index is 0.213. The van der Waals surface area contributed by atoms with Crippen molar-refractivity contribution >= 4 is 23.6 Å². The molecule has 0 fully saturated rings. The fourth-order valence-electron chi connectivity index (χ4n) is 5.88. The number of nitrogen functional groups attached to an aromatic ring is 1. The SMILES string of the molecule is C/C=c1\ccc2c(c1)Oc1cc(CC)ccc1C=2c1ccccc1.CCc1cccc(O)c1.CCc1cccc(O)c1.Nc1cccc(O)c1.O=Cc1ccccc1. The lowest BCUT2D eigenvalue weighted by Gasteiger charge is -2.22. The van der Waals surface area contributed by atoms with Gasteiger partial charge in [0, 0.05) is 33.7 Å². The van der Waals surface area contributed by atoms with E-state index in [0.29, 0.717) is 17.2 Å². The number of aromatic hydroxyl groups is 3. The van der Waals surface area contributed by atoms with E-state index in [2.05, 4.69) is 101 Å². The summed E-state index contributed by atoms with van der Waals surface area (Å²) >= 11 is 0. The molecule has 5 N–H and O–H groups in total. The number of hydrogen-bond donors (Lipinski definition) is 4. The number of carbonyl (C=O) groups is 1. The molecule has 0 aliphatic carbocycles. The van der Waals surface area contributed by atoms with Crippen molar-refractivity contribution in [3.05, 3.63) is 214 Å². The van der Waals surface area contributed by atoms with Crippen LogP contribution in [0.25, 0.3) is 11.6 Å². The lowest BCUT2D eigenvalue weighted by molar-refractivity contribution is 0.112. The van der Waals surface area contributed by atoms with Gasteiger partial charge in [-0.2, -0.15) is 0 Å². The minimum atomic E-state index is 0.213. The summed E-state index contributed by atoms with van der Waals surface area (Å²) in [6.07, 6.45) is 5.90. The number of anilines is 1. The van der Waals surface area contributed by atoms with Crippen LogP contribution in [-0.2, 0) is 19.3 Å². The predicted octanol–water partition coefficient (Wildman–Crippen LogP) is 10.8. The Bertz CT molecular complexity index is 2400. The van der Waals surface area contributed by atoms with Gasteiger partial charge in [-0.25, -0.2) is 0 Å². The molecule has 0 bridgehead atoms. The maximum Gasteiger partial charge on any atom is 0.150 e. The van der Waals surface area contributed by atoms with Crippen LogP contribution in [0.3, 0.4) is 0 Å². The summed E-state index contributed by atoms with van der Waals surface area (Å²) in [5.74, 6) is 2.81. The first-order chi connectivity index (χ1) is 28.2. The molecule has 0 unspecified atom stereocenters. The van der Waals surface area contributed by atoms with Gasteiger partial charge in [0.25, 0.3) is 0 Å². The average molecular weight is 772 g/mol. The molecule has 0 aromatic heterocycles. The summed E-state index contributed by atoms with van der Waals surface area (Å²) in [5.41, 5.74) is 13.9. The Morgan fingerprint density at radius 3 is 1.52 bits per heavy atom. The molecule has 7 aromatic carbocycles. The predicted molar refractivity (Wildman–Crippen MR) is 239 cm³/mol. The second kappa shape index (κ2) is 23.1. The molecule has 7 aromatic rings. The van der Waals surface area contributed by atoms with Gasteiger partial charge in [-0.1, -0.05) is 142 Å². The molecule has 6 heteroatoms. The number of hydrogen-bond acceptors (Lipinski definition) is 6. The largest absolute Gasteiger partial charge is 0.508 e. The van der Waals surface area contributed by atoms with Crippen LogP contribution in [0.15, 0.2) is 170 Å². The van der Waals surface area contributed by atoms with Gasteiger partial charge in [0.2, 0.25) is 0 Å². The fourth-order valence-corrected chi connectivity index (χ4v) is 5.88. The van der Waals surface area contributed by atoms with Crippen molar-refractivity contribution < 1.29 is 24.9 Å². The van der Waals surface area contributed by atoms with Gasteiger partial charge in [-0.15, -0.1) is 0 Å². The number of fused-ring (bicyclic) bond motifs is 2. The van der Waals surface area contributed by atoms with Gasteiger partial charge < -0.3 is 25.8 Å². The van der Waals surface area contributed by atoms with E-state index < -0.39 is 0 Å². The normalized spacial score (nSPS) is 10.8. The molecular formula is C52H53NO5. The molecule has 0 radical (unpaired) electrons. The highest BCUT2D eigenvalue weighted by molar-refractivity contribution is 5.85. The summed E-state index contributed by atoms with van der Waals surface area (Å²) in [7, 11) is 0. The van der Waals surface area contributed by atoms with Crippen LogP contribution in [0, 0.1) is 0 Å². The molecule has 8 rings (SSSR count). The first-order valence-electron chi connectivity index (χ1n) is 19.5. The van der Waals surface area contributed by atoms with Gasteiger partial charge in [0.05, 0.1) is 0 Å². The zero-order chi connectivity index (χ0) is 41.7. The molecular weight excluding hydrogens is 719 g/mol. The third-order valence-corrected chi connectivity index (χ3v) is 9.06. The van der Waals surface area contributed by atoms with Crippen LogP contribution in [0.1, 0.15) is 65.9 Å². The summed E-state index contributed by atoms with van der Waals surface area (Å²) in [4.78, 5) is 10.0. The van der Waals surface area contributed by atoms with Gasteiger partial charge in [-0.3, -0.25) is 4.79 Å². The number of ether oxygens (including phenoxy) is 1. The maximum atomic E-state index is 10.0. The van der Waals surface area contributed by atoms with Crippen molar-refractivity contribution in [2.45, 2.75) is 47.0 Å². The average Bonchev–Trinajstić information content (AvgIpc) is 3.26. The zero-order valence-corrected chi connectivity index (χ0v) is 33.7. The Kier molecular flexibility index (Phi) is 17.4. The number of rotatable bonds is 5. The Morgan fingerprint density at radius 1 is 0.534 bits per heavy atom. The van der Waals surface area contributed by atoms with E-state index in [1.165, 1.54) is 44.7 Å². The van der Waals surface area contributed by atoms with Crippen molar-refractivity contribution in [2.75, 3.05) is 5.73 Å². The summed E-state index contributed by atoms with van der Waals surface area (Å²) in [6, 6.07) is 53.8. The van der Waals surface area contributed by atoms with Gasteiger partial charge in [0.1, 0.15) is 35.0 Å². The second-order valence-electron chi connectivity index (χ2n) is 13.2. The molecule has 0 atom stereocenters. The van der Waals surface area contributed by atoms with Gasteiger partial charge >= 0.3 is 0 Å². The van der Waals surface area contributed by atoms with Crippen LogP contribution in [-0.4, -0.2) is 21.6 Å². The number of phenols is 3. The second-order valence-corrected chi connectivity index (χ2v) is 13.2. The van der Waals surface area contributed by atoms with E-state index in [4.69, 9.17) is 25.8 Å². The Hall–Kier alpha value is -7.05. The smallest absolute Gasteiger partial charge is 0.150 e. The maximum absolute atomic E-state index is 10.0. The fraction of sp³-hybridized carbons (Fsp3) is 0.135. The van der Waals surface area contributed by atoms with Crippen molar-refractivity contribution in [1.82, 2.24) is 0 Å². The molecule has 1 aliphatic heterocycles. The molecule has 0 saturated heterocycles. The van der Waals surface area contributed by atoms with Crippen molar-refractivity contribution in [2.24, 2.45) is 0 Å². The highest BCUT2D eigenvalue weighted by Crippen LogP contribution is 2.36. The third kappa shape index (κ3) is 13.6. The van der Waals surface area contributed by atoms with Gasteiger partial charge in [-0.05, 0) is 102 Å². The van der Waals surface area contributed by atoms with Crippen LogP contribution in [0.2, 0.25) is 0 Å². The monoisotopic (exact) mass is 771 g/mol. The molecule has 1 heterocycles. The van der Waals surface area contributed by atoms with Crippen molar-refractivity contribution in [1.29, 1.82) is 0 Å². The first-order valence-corrected chi connectivity index (χ1v) is 19.5. The van der Waals surface area contributed by atoms with Crippen molar-refractivity contribution in [3.8, 4) is 28.7 Å². The molecule has 0 amide bonds. The molecule has 0 saturated carbocycles. The molecule has 0 spiro atoms. The van der Waals surface area contributed by atoms with Crippen molar-refractivity contribution in [3.63, 3.8) is 0 Å². The van der Waals surface area contributed by atoms with E-state index in [0.717, 1.165) is 47.8 Å². The van der Waals surface area contributed by atoms with E-state index >= 15 is 0 Å². The van der Waals surface area contributed by atoms with E-state index in [1.54, 1.807) is 54.6 Å². The van der Waals surface area contributed by atoms with Crippen LogP contribution in [0.4, 0.5) is 5.69 Å². The van der Waals surface area contributed by atoms with Crippen LogP contribution in [0.5, 0.6) is 28.7 Å². The van der Waals surface area contributed by atoms with E-state index in [-0.39, 0.29) is 5.75 Å². The zero-order valence-electron chi connectivity index (χ0n) is 33.7. The number of phenolic OH excluding ortho intramolecular Hbond substituents is 3. The molecule has 58 heavy (non-hydrogen) atoms. The number of carbonyl (C=O) groups excluding carboxylic acids is 1. The molecule has 296 valence electrons. The molecule has 1 aliphatic rings.